The van der Waals surface area contributed by atoms with Crippen LogP contribution in [-0.4, -0.2) is 23.5 Å². The number of carbonyl (C=O) groups excluding carboxylic acids is 2. The first-order valence-electron chi connectivity index (χ1n) is 8.65. The number of aryl methyl sites for hydroxylation is 2. The second-order valence-corrected chi connectivity index (χ2v) is 6.22. The quantitative estimate of drug-likeness (QED) is 0.643. The van der Waals surface area contributed by atoms with Gasteiger partial charge in [0, 0.05) is 30.1 Å². The Hall–Kier alpha value is -3.08. The number of ether oxygens (including phenoxy) is 1. The summed E-state index contributed by atoms with van der Waals surface area (Å²) >= 11 is 0. The molecule has 2 aromatic carbocycles. The number of hydrogen-bond donors (Lipinski definition) is 2. The van der Waals surface area contributed by atoms with E-state index in [4.69, 9.17) is 4.74 Å². The van der Waals surface area contributed by atoms with E-state index in [9.17, 15) is 9.59 Å². The summed E-state index contributed by atoms with van der Waals surface area (Å²) in [5, 5.41) is 3.88. The second kappa shape index (κ2) is 8.34. The van der Waals surface area contributed by atoms with Crippen molar-refractivity contribution in [3.63, 3.8) is 0 Å². The van der Waals surface area contributed by atoms with Crippen LogP contribution < -0.4 is 5.32 Å². The molecule has 0 aliphatic rings. The van der Waals surface area contributed by atoms with Gasteiger partial charge in [-0.3, -0.25) is 9.59 Å². The minimum atomic E-state index is -0.374. The predicted octanol–water partition coefficient (Wildman–Crippen LogP) is 3.27. The highest BCUT2D eigenvalue weighted by molar-refractivity contribution is 5.84. The number of H-pyrrole nitrogens is 1. The highest BCUT2D eigenvalue weighted by atomic mass is 16.5. The molecule has 5 nitrogen and oxygen atoms in total. The molecule has 0 unspecified atom stereocenters. The van der Waals surface area contributed by atoms with Gasteiger partial charge in [-0.15, -0.1) is 0 Å². The highest BCUT2D eigenvalue weighted by Crippen LogP contribution is 2.19. The lowest BCUT2D eigenvalue weighted by Gasteiger charge is -2.08. The molecule has 5 heteroatoms. The summed E-state index contributed by atoms with van der Waals surface area (Å²) in [6.45, 7) is 2.17. The summed E-state index contributed by atoms with van der Waals surface area (Å²) < 4.78 is 5.07. The monoisotopic (exact) mass is 350 g/mol. The largest absolute Gasteiger partial charge is 0.456 e. The molecule has 1 amide bonds. The van der Waals surface area contributed by atoms with Gasteiger partial charge in [0.25, 0.3) is 5.91 Å². The van der Waals surface area contributed by atoms with E-state index in [1.165, 1.54) is 0 Å². The van der Waals surface area contributed by atoms with E-state index in [2.05, 4.69) is 10.3 Å². The molecule has 26 heavy (non-hydrogen) atoms. The zero-order valence-corrected chi connectivity index (χ0v) is 14.7. The average molecular weight is 350 g/mol. The first-order chi connectivity index (χ1) is 12.6. The van der Waals surface area contributed by atoms with Crippen LogP contribution in [0.3, 0.4) is 0 Å². The van der Waals surface area contributed by atoms with Crippen molar-refractivity contribution in [2.24, 2.45) is 0 Å². The summed E-state index contributed by atoms with van der Waals surface area (Å²) in [5.74, 6) is -0.671. The number of rotatable bonds is 7. The molecular weight excluding hydrogens is 328 g/mol. The SMILES string of the molecule is Cc1ccccc1CNC(=O)COC(=O)CCc1c[nH]c2ccccc12. The highest BCUT2D eigenvalue weighted by Gasteiger charge is 2.10. The third-order valence-corrected chi connectivity index (χ3v) is 4.37. The fraction of sp³-hybridized carbons (Fsp3) is 0.238. The van der Waals surface area contributed by atoms with E-state index in [-0.39, 0.29) is 24.9 Å². The van der Waals surface area contributed by atoms with Gasteiger partial charge in [0.2, 0.25) is 0 Å². The van der Waals surface area contributed by atoms with Gasteiger partial charge < -0.3 is 15.0 Å². The Morgan fingerprint density at radius 2 is 1.81 bits per heavy atom. The van der Waals surface area contributed by atoms with E-state index in [1.807, 2.05) is 61.7 Å². The molecule has 1 heterocycles. The summed E-state index contributed by atoms with van der Waals surface area (Å²) in [7, 11) is 0. The first-order valence-corrected chi connectivity index (χ1v) is 8.65. The zero-order valence-electron chi connectivity index (χ0n) is 14.7. The summed E-state index contributed by atoms with van der Waals surface area (Å²) in [6, 6.07) is 15.8. The molecule has 0 radical (unpaired) electrons. The van der Waals surface area contributed by atoms with Crippen molar-refractivity contribution < 1.29 is 14.3 Å². The summed E-state index contributed by atoms with van der Waals surface area (Å²) in [5.41, 5.74) is 4.28. The zero-order chi connectivity index (χ0) is 18.4. The lowest BCUT2D eigenvalue weighted by atomic mass is 10.1. The molecule has 0 spiro atoms. The molecular formula is C21H22N2O3. The number of hydrogen-bond acceptors (Lipinski definition) is 3. The van der Waals surface area contributed by atoms with E-state index in [0.29, 0.717) is 13.0 Å². The van der Waals surface area contributed by atoms with Crippen LogP contribution in [-0.2, 0) is 27.3 Å². The lowest BCUT2D eigenvalue weighted by Crippen LogP contribution is -2.28. The first kappa shape index (κ1) is 17.7. The molecule has 3 aromatic rings. The van der Waals surface area contributed by atoms with Crippen molar-refractivity contribution in [3.05, 3.63) is 71.4 Å². The normalized spacial score (nSPS) is 10.7. The van der Waals surface area contributed by atoms with E-state index in [1.54, 1.807) is 0 Å². The molecule has 3 rings (SSSR count). The number of amides is 1. The number of fused-ring (bicyclic) bond motifs is 1. The van der Waals surface area contributed by atoms with Gasteiger partial charge in [-0.1, -0.05) is 42.5 Å². The number of esters is 1. The molecule has 1 aromatic heterocycles. The molecule has 0 fully saturated rings. The molecule has 0 atom stereocenters. The molecule has 0 aliphatic carbocycles. The topological polar surface area (TPSA) is 71.2 Å². The van der Waals surface area contributed by atoms with Crippen LogP contribution in [0.4, 0.5) is 0 Å². The van der Waals surface area contributed by atoms with Crippen LogP contribution in [0.25, 0.3) is 10.9 Å². The number of aromatic amines is 1. The fourth-order valence-corrected chi connectivity index (χ4v) is 2.85. The minimum Gasteiger partial charge on any atom is -0.456 e. The number of aromatic nitrogens is 1. The lowest BCUT2D eigenvalue weighted by molar-refractivity contribution is -0.148. The van der Waals surface area contributed by atoms with Gasteiger partial charge >= 0.3 is 5.97 Å². The number of para-hydroxylation sites is 1. The Balaban J connectivity index is 1.41. The van der Waals surface area contributed by atoms with Crippen LogP contribution in [0.2, 0.25) is 0 Å². The summed E-state index contributed by atoms with van der Waals surface area (Å²) in [6.07, 6.45) is 2.73. The van der Waals surface area contributed by atoms with Gasteiger partial charge in [-0.05, 0) is 36.1 Å². The second-order valence-electron chi connectivity index (χ2n) is 6.22. The molecule has 2 N–H and O–H groups in total. The van der Waals surface area contributed by atoms with Crippen LogP contribution in [0.5, 0.6) is 0 Å². The van der Waals surface area contributed by atoms with Gasteiger partial charge in [0.05, 0.1) is 0 Å². The molecule has 0 bridgehead atoms. The maximum atomic E-state index is 11.9. The van der Waals surface area contributed by atoms with E-state index < -0.39 is 0 Å². The third-order valence-electron chi connectivity index (χ3n) is 4.37. The van der Waals surface area contributed by atoms with Crippen molar-refractivity contribution in [1.29, 1.82) is 0 Å². The van der Waals surface area contributed by atoms with E-state index in [0.717, 1.165) is 27.6 Å². The van der Waals surface area contributed by atoms with Crippen molar-refractivity contribution in [1.82, 2.24) is 10.3 Å². The molecule has 0 saturated carbocycles. The van der Waals surface area contributed by atoms with Crippen molar-refractivity contribution in [3.8, 4) is 0 Å². The Kier molecular flexibility index (Phi) is 5.69. The Morgan fingerprint density at radius 3 is 2.65 bits per heavy atom. The van der Waals surface area contributed by atoms with Crippen LogP contribution in [0.15, 0.2) is 54.7 Å². The maximum Gasteiger partial charge on any atom is 0.306 e. The average Bonchev–Trinajstić information content (AvgIpc) is 3.07. The van der Waals surface area contributed by atoms with Gasteiger partial charge in [-0.2, -0.15) is 0 Å². The smallest absolute Gasteiger partial charge is 0.306 e. The standard InChI is InChI=1S/C21H22N2O3/c1-15-6-2-3-7-16(15)12-23-20(24)14-26-21(25)11-10-17-13-22-19-9-5-4-8-18(17)19/h2-9,13,22H,10-12,14H2,1H3,(H,23,24). The minimum absolute atomic E-state index is 0.243. The predicted molar refractivity (Wildman–Crippen MR) is 101 cm³/mol. The number of nitrogens with one attached hydrogen (secondary N) is 2. The molecule has 134 valence electrons. The van der Waals surface area contributed by atoms with Crippen molar-refractivity contribution in [2.45, 2.75) is 26.3 Å². The molecule has 0 aliphatic heterocycles. The number of benzene rings is 2. The van der Waals surface area contributed by atoms with E-state index >= 15 is 0 Å². The fourth-order valence-electron chi connectivity index (χ4n) is 2.85. The van der Waals surface area contributed by atoms with Crippen LogP contribution in [0, 0.1) is 6.92 Å². The van der Waals surface area contributed by atoms with Crippen molar-refractivity contribution in [2.75, 3.05) is 6.61 Å². The van der Waals surface area contributed by atoms with Crippen LogP contribution in [0.1, 0.15) is 23.1 Å². The third kappa shape index (κ3) is 4.51. The van der Waals surface area contributed by atoms with Gasteiger partial charge in [0.15, 0.2) is 6.61 Å². The summed E-state index contributed by atoms with van der Waals surface area (Å²) in [4.78, 5) is 26.9. The Bertz CT molecular complexity index is 914. The Morgan fingerprint density at radius 1 is 1.04 bits per heavy atom. The number of carbonyl (C=O) groups is 2. The maximum absolute atomic E-state index is 11.9. The van der Waals surface area contributed by atoms with Crippen molar-refractivity contribution >= 4 is 22.8 Å². The van der Waals surface area contributed by atoms with Crippen LogP contribution >= 0.6 is 0 Å². The van der Waals surface area contributed by atoms with Gasteiger partial charge in [-0.25, -0.2) is 0 Å². The Labute approximate surface area is 152 Å². The molecule has 0 saturated heterocycles. The van der Waals surface area contributed by atoms with Gasteiger partial charge in [0.1, 0.15) is 0 Å².